The zero-order chi connectivity index (χ0) is 44.9. The standard InChI is InChI=1S/C23H33NO6.C12H20O5.C10H12N2O.ClH/c1-23(2,3)10-9-17(25)20(28)21(29)22(30-4)19(27)12-15-13-24-16-8-6-5-7-14(16)11-18(15)26;1-12(2,3)6-5-7(13)9-8(14)10(16-4)11(15)17-9;11-8-6-12-9-4-2-1-3-7(9)5-10(8)13;/h5-10,15,17,20-22,24-25,28-29H,11-13H2,1-4H3;5-10,13-14H,1-4H3;1-4,8,12H,5-6,11H2;1H/b10-9+;6-5+;;/t15-,17+,20-,21+,22-;7-,8-,9+,10-;8-;/m010./s1. The fraction of sp³-hybridized carbons (Fsp3) is 0.556. The topological polar surface area (TPSA) is 247 Å². The van der Waals surface area contributed by atoms with Crippen LogP contribution in [0.15, 0.2) is 72.8 Å². The maximum atomic E-state index is 12.8. The van der Waals surface area contributed by atoms with E-state index in [1.165, 1.54) is 26.4 Å². The van der Waals surface area contributed by atoms with Gasteiger partial charge in [0.2, 0.25) is 0 Å². The molecule has 10 atom stereocenters. The highest BCUT2D eigenvalue weighted by Gasteiger charge is 2.47. The number of fused-ring (bicyclic) bond motifs is 2. The van der Waals surface area contributed by atoms with Gasteiger partial charge < -0.3 is 56.1 Å². The molecule has 16 heteroatoms. The Hall–Kier alpha value is -4.03. The largest absolute Gasteiger partial charge is 0.454 e. The van der Waals surface area contributed by atoms with E-state index in [-0.39, 0.29) is 53.7 Å². The minimum atomic E-state index is -1.63. The first-order valence-electron chi connectivity index (χ1n) is 20.1. The Morgan fingerprint density at radius 3 is 1.84 bits per heavy atom. The molecule has 0 aromatic heterocycles. The second-order valence-electron chi connectivity index (χ2n) is 17.5. The Morgan fingerprint density at radius 1 is 0.820 bits per heavy atom. The van der Waals surface area contributed by atoms with E-state index in [2.05, 4.69) is 10.6 Å². The molecule has 2 aromatic carbocycles. The van der Waals surface area contributed by atoms with E-state index in [4.69, 9.17) is 19.9 Å². The minimum Gasteiger partial charge on any atom is -0.454 e. The van der Waals surface area contributed by atoms with Crippen LogP contribution in [0.3, 0.4) is 0 Å². The molecule has 0 unspecified atom stereocenters. The van der Waals surface area contributed by atoms with Gasteiger partial charge in [-0.2, -0.15) is 0 Å². The number of hydrogen-bond acceptors (Lipinski definition) is 15. The van der Waals surface area contributed by atoms with Crippen LogP contribution in [-0.2, 0) is 46.2 Å². The normalized spacial score (nSPS) is 24.0. The van der Waals surface area contributed by atoms with E-state index in [1.807, 2.05) is 90.1 Å². The predicted molar refractivity (Wildman–Crippen MR) is 234 cm³/mol. The van der Waals surface area contributed by atoms with E-state index in [0.29, 0.717) is 19.5 Å². The second-order valence-corrected chi connectivity index (χ2v) is 17.5. The number of rotatable bonds is 11. The van der Waals surface area contributed by atoms with Gasteiger partial charge in [0.15, 0.2) is 23.8 Å². The number of nitrogens with one attached hydrogen (secondary N) is 2. The number of para-hydroxylation sites is 2. The average Bonchev–Trinajstić information content (AvgIpc) is 3.28. The van der Waals surface area contributed by atoms with E-state index >= 15 is 0 Å². The highest BCUT2D eigenvalue weighted by molar-refractivity contribution is 5.93. The predicted octanol–water partition coefficient (Wildman–Crippen LogP) is 2.72. The molecule has 0 aliphatic carbocycles. The minimum absolute atomic E-state index is 0. The summed E-state index contributed by atoms with van der Waals surface area (Å²) in [6, 6.07) is 14.9. The summed E-state index contributed by atoms with van der Waals surface area (Å²) in [5.74, 6) is -1.68. The molecule has 340 valence electrons. The molecule has 3 aliphatic heterocycles. The van der Waals surface area contributed by atoms with Crippen molar-refractivity contribution in [3.63, 3.8) is 0 Å². The van der Waals surface area contributed by atoms with Crippen LogP contribution in [0.5, 0.6) is 0 Å². The maximum Gasteiger partial charge on any atom is 0.338 e. The van der Waals surface area contributed by atoms with Crippen molar-refractivity contribution in [2.75, 3.05) is 37.9 Å². The molecule has 0 saturated carbocycles. The lowest BCUT2D eigenvalue weighted by Crippen LogP contribution is -2.48. The van der Waals surface area contributed by atoms with Crippen LogP contribution in [0.1, 0.15) is 59.1 Å². The van der Waals surface area contributed by atoms with Crippen LogP contribution in [0.25, 0.3) is 0 Å². The Labute approximate surface area is 365 Å². The fourth-order valence-corrected chi connectivity index (χ4v) is 6.50. The lowest BCUT2D eigenvalue weighted by Gasteiger charge is -2.28. The number of methoxy groups -OCH3 is 2. The Bertz CT molecular complexity index is 1810. The van der Waals surface area contributed by atoms with E-state index < -0.39 is 66.5 Å². The molecule has 5 rings (SSSR count). The zero-order valence-electron chi connectivity index (χ0n) is 36.3. The Balaban J connectivity index is 0.000000347. The highest BCUT2D eigenvalue weighted by Crippen LogP contribution is 2.26. The summed E-state index contributed by atoms with van der Waals surface area (Å²) in [6.07, 6.45) is -3.14. The first kappa shape index (κ1) is 53.1. The maximum absolute atomic E-state index is 12.8. The lowest BCUT2D eigenvalue weighted by molar-refractivity contribution is -0.150. The number of ketones is 3. The molecule has 9 N–H and O–H groups in total. The first-order chi connectivity index (χ1) is 28.1. The van der Waals surface area contributed by atoms with Gasteiger partial charge in [-0.05, 0) is 34.1 Å². The molecule has 0 bridgehead atoms. The molecule has 1 fully saturated rings. The van der Waals surface area contributed by atoms with Crippen LogP contribution in [0, 0.1) is 16.7 Å². The van der Waals surface area contributed by atoms with Crippen molar-refractivity contribution < 1.29 is 58.9 Å². The highest BCUT2D eigenvalue weighted by atomic mass is 35.5. The van der Waals surface area contributed by atoms with Crippen molar-refractivity contribution in [3.8, 4) is 0 Å². The summed E-state index contributed by atoms with van der Waals surface area (Å²) in [6.45, 7) is 12.6. The average molecular weight is 876 g/mol. The van der Waals surface area contributed by atoms with Crippen LogP contribution in [0.2, 0.25) is 0 Å². The van der Waals surface area contributed by atoms with Crippen molar-refractivity contribution in [2.45, 2.75) is 116 Å². The van der Waals surface area contributed by atoms with Gasteiger partial charge in [0, 0.05) is 63.9 Å². The summed E-state index contributed by atoms with van der Waals surface area (Å²) in [7, 11) is 2.56. The van der Waals surface area contributed by atoms with Crippen LogP contribution < -0.4 is 16.4 Å². The molecule has 0 spiro atoms. The Kier molecular flexibility index (Phi) is 20.9. The number of nitrogens with two attached hydrogens (primary N) is 1. The number of cyclic esters (lactones) is 1. The van der Waals surface area contributed by atoms with E-state index in [0.717, 1.165) is 22.5 Å². The van der Waals surface area contributed by atoms with Gasteiger partial charge in [-0.25, -0.2) is 4.79 Å². The molecular weight excluding hydrogens is 810 g/mol. The first-order valence-corrected chi connectivity index (χ1v) is 20.1. The Morgan fingerprint density at radius 2 is 1.33 bits per heavy atom. The van der Waals surface area contributed by atoms with Crippen LogP contribution in [0.4, 0.5) is 11.4 Å². The molecular formula is C45H66ClN3O12. The fourth-order valence-electron chi connectivity index (χ4n) is 6.50. The number of aliphatic hydroxyl groups is 5. The van der Waals surface area contributed by atoms with Crippen molar-refractivity contribution in [1.82, 2.24) is 0 Å². The van der Waals surface area contributed by atoms with Crippen molar-refractivity contribution in [1.29, 1.82) is 0 Å². The quantitative estimate of drug-likeness (QED) is 0.120. The van der Waals surface area contributed by atoms with Crippen molar-refractivity contribution in [2.24, 2.45) is 22.5 Å². The van der Waals surface area contributed by atoms with E-state index in [9.17, 15) is 44.7 Å². The number of carbonyl (C=O) groups excluding carboxylic acids is 4. The molecule has 15 nitrogen and oxygen atoms in total. The van der Waals surface area contributed by atoms with Crippen molar-refractivity contribution in [3.05, 3.63) is 84.0 Å². The number of hydrogen-bond donors (Lipinski definition) is 8. The van der Waals surface area contributed by atoms with Crippen LogP contribution >= 0.6 is 12.4 Å². The molecule has 0 amide bonds. The van der Waals surface area contributed by atoms with Crippen molar-refractivity contribution >= 4 is 47.1 Å². The summed E-state index contributed by atoms with van der Waals surface area (Å²) in [5.41, 5.74) is 9.16. The van der Waals surface area contributed by atoms with Gasteiger partial charge in [0.25, 0.3) is 0 Å². The number of esters is 1. The molecule has 3 heterocycles. The third-order valence-electron chi connectivity index (χ3n) is 10.0. The summed E-state index contributed by atoms with van der Waals surface area (Å²) in [5, 5.41) is 56.8. The number of halogens is 1. The van der Waals surface area contributed by atoms with Gasteiger partial charge in [-0.3, -0.25) is 14.4 Å². The second kappa shape index (κ2) is 24.0. The van der Waals surface area contributed by atoms with Gasteiger partial charge in [-0.15, -0.1) is 12.4 Å². The SMILES string of the molecule is CO[C@@H](C(=O)C[C@H]1CNc2ccccc2CC1=O)[C@H](O)[C@@H](O)[C@H](O)/C=C/C(C)(C)C.CO[C@H]1C(=O)O[C@@H]([C@H](O)/C=C/C(C)(C)C)[C@H]1O.Cl.N[C@H]1CNc2ccccc2CC1=O. The summed E-state index contributed by atoms with van der Waals surface area (Å²) < 4.78 is 14.8. The third kappa shape index (κ3) is 16.3. The lowest BCUT2D eigenvalue weighted by atomic mass is 9.89. The van der Waals surface area contributed by atoms with Gasteiger partial charge in [0.1, 0.15) is 42.4 Å². The smallest absolute Gasteiger partial charge is 0.338 e. The monoisotopic (exact) mass is 875 g/mol. The van der Waals surface area contributed by atoms with E-state index in [1.54, 1.807) is 12.2 Å². The number of benzene rings is 2. The molecule has 3 aliphatic rings. The number of anilines is 2. The third-order valence-corrected chi connectivity index (χ3v) is 10.0. The van der Waals surface area contributed by atoms with Crippen LogP contribution in [-0.4, -0.2) is 131 Å². The van der Waals surface area contributed by atoms with Gasteiger partial charge in [-0.1, -0.05) is 102 Å². The number of ether oxygens (including phenoxy) is 3. The molecule has 1 saturated heterocycles. The molecule has 2 aromatic rings. The summed E-state index contributed by atoms with van der Waals surface area (Å²) >= 11 is 0. The number of Topliss-reactive ketones (excluding diaryl/α,β-unsaturated/α-hetero) is 3. The summed E-state index contributed by atoms with van der Waals surface area (Å²) in [4.78, 5) is 48.1. The zero-order valence-corrected chi connectivity index (χ0v) is 37.1. The molecule has 61 heavy (non-hydrogen) atoms. The number of carbonyl (C=O) groups is 4. The number of allylic oxidation sites excluding steroid dienone is 2. The van der Waals surface area contributed by atoms with Gasteiger partial charge >= 0.3 is 5.97 Å². The molecule has 0 radical (unpaired) electrons. The number of aliphatic hydroxyl groups excluding tert-OH is 5. The van der Waals surface area contributed by atoms with Gasteiger partial charge in [0.05, 0.1) is 6.04 Å².